The van der Waals surface area contributed by atoms with E-state index in [1.165, 1.54) is 5.19 Å². The number of hydrogen-bond donors (Lipinski definition) is 3. The van der Waals surface area contributed by atoms with Gasteiger partial charge in [-0.15, -0.1) is 0 Å². The summed E-state index contributed by atoms with van der Waals surface area (Å²) in [5, 5.41) is 14.2. The number of likely N-dealkylation sites (tertiary alicyclic amines) is 1. The van der Waals surface area contributed by atoms with Gasteiger partial charge in [-0.3, -0.25) is 14.4 Å². The maximum atomic E-state index is 15.1. The first-order valence-electron chi connectivity index (χ1n) is 18.4. The number of amides is 3. The molecule has 3 aliphatic heterocycles. The van der Waals surface area contributed by atoms with Crippen molar-refractivity contribution in [2.45, 2.75) is 69.1 Å². The zero-order chi connectivity index (χ0) is 37.5. The summed E-state index contributed by atoms with van der Waals surface area (Å²) in [6.07, 6.45) is 1.23. The van der Waals surface area contributed by atoms with Gasteiger partial charge in [0.1, 0.15) is 5.75 Å². The van der Waals surface area contributed by atoms with E-state index in [2.05, 4.69) is 37.5 Å². The molecule has 1 spiro atoms. The van der Waals surface area contributed by atoms with E-state index in [1.807, 2.05) is 60.7 Å². The molecule has 2 fully saturated rings. The Kier molecular flexibility index (Phi) is 9.92. The number of carbonyl (C=O) groups excluding carboxylic acids is 3. The summed E-state index contributed by atoms with van der Waals surface area (Å²) in [4.78, 5) is 45.8. The average molecular weight is 733 g/mol. The van der Waals surface area contributed by atoms with E-state index in [4.69, 9.17) is 15.2 Å². The number of methoxy groups -OCH3 is 1. The Labute approximate surface area is 311 Å². The van der Waals surface area contributed by atoms with Gasteiger partial charge >= 0.3 is 0 Å². The third-order valence-corrected chi connectivity index (χ3v) is 16.1. The highest BCUT2D eigenvalue weighted by Gasteiger charge is 2.66. The fourth-order valence-electron chi connectivity index (χ4n) is 9.04. The number of aliphatic hydroxyl groups excluding tert-OH is 1. The highest BCUT2D eigenvalue weighted by Crippen LogP contribution is 2.60. The number of nitrogens with zero attached hydrogens (tertiary/aromatic N) is 2. The number of para-hydroxylation sites is 1. The van der Waals surface area contributed by atoms with Crippen LogP contribution in [-0.2, 0) is 26.5 Å². The standard InChI is InChI=1S/C42H48N4O6Si/c1-27-39(53(3,4)34-20-18-33(51-2)19-21-34)37(24-38(48)45-22-8-11-32(45)26-47)52-42(27)35-12-5-6-13-36(35)46(41(42)50)25-28-9-7-10-31(23-28)44-40(49)29-14-16-30(43)17-15-29/h5-7,9-10,12-21,23,27,32,37,39,47H,8,11,22,24-26,43H2,1-4H3,(H,44,49)/t27-,32+,37+,39-,42+/m1/s1. The zero-order valence-corrected chi connectivity index (χ0v) is 31.7. The number of aliphatic hydroxyl groups is 1. The number of fused-ring (bicyclic) bond motifs is 2. The molecule has 53 heavy (non-hydrogen) atoms. The van der Waals surface area contributed by atoms with Crippen LogP contribution in [0.1, 0.15) is 47.7 Å². The monoisotopic (exact) mass is 732 g/mol. The van der Waals surface area contributed by atoms with Gasteiger partial charge in [0, 0.05) is 35.0 Å². The number of ether oxygens (including phenoxy) is 2. The minimum Gasteiger partial charge on any atom is -0.497 e. The molecule has 0 aliphatic carbocycles. The molecule has 2 saturated heterocycles. The number of nitrogens with one attached hydrogen (secondary N) is 1. The van der Waals surface area contributed by atoms with Gasteiger partial charge in [0.25, 0.3) is 11.8 Å². The number of carbonyl (C=O) groups is 3. The molecule has 3 amide bonds. The lowest BCUT2D eigenvalue weighted by atomic mass is 9.82. The highest BCUT2D eigenvalue weighted by atomic mass is 28.3. The molecule has 3 heterocycles. The summed E-state index contributed by atoms with van der Waals surface area (Å²) in [7, 11) is -0.804. The zero-order valence-electron chi connectivity index (χ0n) is 30.7. The van der Waals surface area contributed by atoms with Crippen LogP contribution >= 0.6 is 0 Å². The predicted molar refractivity (Wildman–Crippen MR) is 209 cm³/mol. The van der Waals surface area contributed by atoms with Crippen LogP contribution in [0.25, 0.3) is 0 Å². The quantitative estimate of drug-likeness (QED) is 0.141. The predicted octanol–water partition coefficient (Wildman–Crippen LogP) is 5.67. The molecule has 7 rings (SSSR count). The number of benzene rings is 4. The van der Waals surface area contributed by atoms with Crippen molar-refractivity contribution in [3.8, 4) is 5.75 Å². The van der Waals surface area contributed by atoms with Crippen molar-refractivity contribution in [3.05, 3.63) is 114 Å². The number of hydrogen-bond acceptors (Lipinski definition) is 7. The maximum absolute atomic E-state index is 15.1. The van der Waals surface area contributed by atoms with Crippen LogP contribution in [0.15, 0.2) is 97.1 Å². The summed E-state index contributed by atoms with van der Waals surface area (Å²) in [6, 6.07) is 30.0. The average Bonchev–Trinajstić information content (AvgIpc) is 3.82. The second-order valence-corrected chi connectivity index (χ2v) is 19.8. The van der Waals surface area contributed by atoms with Crippen LogP contribution < -0.4 is 25.9 Å². The highest BCUT2D eigenvalue weighted by molar-refractivity contribution is 6.91. The van der Waals surface area contributed by atoms with Crippen molar-refractivity contribution < 1.29 is 29.0 Å². The lowest BCUT2D eigenvalue weighted by Gasteiger charge is -2.37. The van der Waals surface area contributed by atoms with E-state index < -0.39 is 19.8 Å². The fourth-order valence-corrected chi connectivity index (χ4v) is 13.0. The minimum absolute atomic E-state index is 0.0475. The number of nitrogens with two attached hydrogens (primary N) is 1. The summed E-state index contributed by atoms with van der Waals surface area (Å²) in [5.41, 5.74) is 8.50. The molecule has 4 aromatic carbocycles. The third kappa shape index (κ3) is 6.51. The molecule has 4 aromatic rings. The lowest BCUT2D eigenvalue weighted by molar-refractivity contribution is -0.150. The topological polar surface area (TPSA) is 134 Å². The third-order valence-electron chi connectivity index (χ3n) is 11.7. The Hall–Kier alpha value is -4.97. The first kappa shape index (κ1) is 36.4. The fraction of sp³-hybridized carbons (Fsp3) is 0.357. The minimum atomic E-state index is -2.45. The van der Waals surface area contributed by atoms with Crippen LogP contribution in [-0.4, -0.2) is 68.2 Å². The normalized spacial score (nSPS) is 23.8. The Morgan fingerprint density at radius 2 is 1.75 bits per heavy atom. The van der Waals surface area contributed by atoms with Crippen molar-refractivity contribution in [1.82, 2.24) is 4.90 Å². The molecule has 0 bridgehead atoms. The van der Waals surface area contributed by atoms with Gasteiger partial charge in [-0.05, 0) is 78.5 Å². The number of rotatable bonds is 10. The van der Waals surface area contributed by atoms with Gasteiger partial charge in [0.2, 0.25) is 5.91 Å². The Balaban J connectivity index is 1.22. The summed E-state index contributed by atoms with van der Waals surface area (Å²) in [6.45, 7) is 7.52. The molecular weight excluding hydrogens is 685 g/mol. The van der Waals surface area contributed by atoms with Crippen LogP contribution in [0.3, 0.4) is 0 Å². The van der Waals surface area contributed by atoms with Crippen molar-refractivity contribution in [2.24, 2.45) is 5.92 Å². The molecule has 5 atom stereocenters. The Bertz CT molecular complexity index is 2000. The smallest absolute Gasteiger partial charge is 0.264 e. The number of nitrogen functional groups attached to an aromatic ring is 1. The molecule has 0 aromatic heterocycles. The van der Waals surface area contributed by atoms with Gasteiger partial charge < -0.3 is 35.4 Å². The second-order valence-electron chi connectivity index (χ2n) is 15.1. The summed E-state index contributed by atoms with van der Waals surface area (Å²) >= 11 is 0. The molecular formula is C42H48N4O6Si. The summed E-state index contributed by atoms with van der Waals surface area (Å²) in [5.74, 6) is 0.0444. The maximum Gasteiger partial charge on any atom is 0.264 e. The Morgan fingerprint density at radius 1 is 1.02 bits per heavy atom. The van der Waals surface area contributed by atoms with Crippen molar-refractivity contribution in [2.75, 3.05) is 36.2 Å². The van der Waals surface area contributed by atoms with Gasteiger partial charge in [-0.1, -0.05) is 67.7 Å². The van der Waals surface area contributed by atoms with E-state index >= 15 is 4.79 Å². The van der Waals surface area contributed by atoms with Gasteiger partial charge in [0.05, 0.1) is 52.6 Å². The van der Waals surface area contributed by atoms with Gasteiger partial charge in [-0.25, -0.2) is 0 Å². The lowest BCUT2D eigenvalue weighted by Crippen LogP contribution is -2.52. The Morgan fingerprint density at radius 3 is 2.47 bits per heavy atom. The molecule has 10 nitrogen and oxygen atoms in total. The molecule has 0 saturated carbocycles. The van der Waals surface area contributed by atoms with E-state index in [0.29, 0.717) is 23.5 Å². The van der Waals surface area contributed by atoms with E-state index in [-0.39, 0.29) is 54.8 Å². The van der Waals surface area contributed by atoms with E-state index in [1.54, 1.807) is 41.2 Å². The van der Waals surface area contributed by atoms with Crippen molar-refractivity contribution in [3.63, 3.8) is 0 Å². The first-order valence-corrected chi connectivity index (χ1v) is 21.5. The van der Waals surface area contributed by atoms with Gasteiger partial charge in [-0.2, -0.15) is 0 Å². The van der Waals surface area contributed by atoms with E-state index in [9.17, 15) is 14.7 Å². The SMILES string of the molecule is COc1ccc([Si](C)(C)[C@H]2[C@H](CC(=O)N3CCC[C@H]3CO)O[C@@]3(C(=O)N(Cc4cccc(NC(=O)c5ccc(N)cc5)c4)c4ccccc43)[C@@H]2C)cc1. The number of anilines is 3. The van der Waals surface area contributed by atoms with Crippen LogP contribution in [0, 0.1) is 5.92 Å². The van der Waals surface area contributed by atoms with E-state index in [0.717, 1.165) is 35.4 Å². The largest absolute Gasteiger partial charge is 0.497 e. The molecule has 0 unspecified atom stereocenters. The molecule has 3 aliphatic rings. The van der Waals surface area contributed by atoms with Crippen molar-refractivity contribution in [1.29, 1.82) is 0 Å². The molecule has 4 N–H and O–H groups in total. The molecule has 0 radical (unpaired) electrons. The molecule has 11 heteroatoms. The second kappa shape index (κ2) is 14.5. The molecule has 276 valence electrons. The van der Waals surface area contributed by atoms with Gasteiger partial charge in [0.15, 0.2) is 5.60 Å². The summed E-state index contributed by atoms with van der Waals surface area (Å²) < 4.78 is 12.6. The van der Waals surface area contributed by atoms with Crippen molar-refractivity contribution >= 4 is 48.0 Å². The van der Waals surface area contributed by atoms with Crippen LogP contribution in [0.4, 0.5) is 17.1 Å². The van der Waals surface area contributed by atoms with Crippen LogP contribution in [0.2, 0.25) is 18.6 Å². The first-order chi connectivity index (χ1) is 25.5. The van der Waals surface area contributed by atoms with Crippen LogP contribution in [0.5, 0.6) is 5.75 Å².